The largest absolute Gasteiger partial charge is 0.492 e. The van der Waals surface area contributed by atoms with E-state index < -0.39 is 6.04 Å². The molecule has 0 heterocycles. The van der Waals surface area contributed by atoms with Crippen LogP contribution in [0.15, 0.2) is 48.5 Å². The third-order valence-corrected chi connectivity index (χ3v) is 7.72. The molecule has 0 saturated carbocycles. The number of rotatable bonds is 17. The molecule has 2 rings (SSSR count). The molecule has 2 aromatic carbocycles. The maximum absolute atomic E-state index is 12.8. The first-order valence-corrected chi connectivity index (χ1v) is 15.4. The van der Waals surface area contributed by atoms with Crippen LogP contribution in [0, 0.1) is 10.8 Å². The molecule has 3 amide bonds. The highest BCUT2D eigenvalue weighted by atomic mass is 16.5. The van der Waals surface area contributed by atoms with Gasteiger partial charge in [0.05, 0.1) is 12.6 Å². The van der Waals surface area contributed by atoms with E-state index in [2.05, 4.69) is 39.9 Å². The Kier molecular flexibility index (Phi) is 14.0. The standard InChI is InChI=1S/C35H52N4O5/c1-34(2,3)24-30(36)33(43)37-28-12-8-26(9-13-28)18-21-38(6)31(41)16-19-35(4,5)20-17-32(42)39(7)22-23-44-29-14-10-27(25-40)11-15-29/h8-15,25,30H,16-24,36H2,1-7H3,(H,37,43)/t30-/m0/s1. The molecule has 0 bridgehead atoms. The predicted octanol–water partition coefficient (Wildman–Crippen LogP) is 5.33. The summed E-state index contributed by atoms with van der Waals surface area (Å²) in [4.78, 5) is 52.1. The van der Waals surface area contributed by atoms with Crippen molar-refractivity contribution in [2.45, 2.75) is 79.2 Å². The minimum Gasteiger partial charge on any atom is -0.492 e. The van der Waals surface area contributed by atoms with Crippen LogP contribution in [0.25, 0.3) is 0 Å². The van der Waals surface area contributed by atoms with Crippen molar-refractivity contribution in [1.29, 1.82) is 0 Å². The quantitative estimate of drug-likeness (QED) is 0.234. The summed E-state index contributed by atoms with van der Waals surface area (Å²) in [6, 6.07) is 13.9. The Labute approximate surface area is 263 Å². The number of amides is 3. The number of nitrogens with two attached hydrogens (primary N) is 1. The Bertz CT molecular complexity index is 1220. The molecule has 2 aromatic rings. The minimum atomic E-state index is -0.562. The normalized spacial score (nSPS) is 12.3. The maximum Gasteiger partial charge on any atom is 0.241 e. The van der Waals surface area contributed by atoms with Gasteiger partial charge in [0.25, 0.3) is 0 Å². The van der Waals surface area contributed by atoms with E-state index in [0.717, 1.165) is 11.8 Å². The lowest BCUT2D eigenvalue weighted by Gasteiger charge is -2.27. The van der Waals surface area contributed by atoms with E-state index in [9.17, 15) is 19.2 Å². The number of carbonyl (C=O) groups is 4. The van der Waals surface area contributed by atoms with Gasteiger partial charge in [0, 0.05) is 44.7 Å². The zero-order valence-electron chi connectivity index (χ0n) is 27.7. The third-order valence-electron chi connectivity index (χ3n) is 7.72. The van der Waals surface area contributed by atoms with Gasteiger partial charge < -0.3 is 25.6 Å². The number of nitrogens with zero attached hydrogens (tertiary/aromatic N) is 2. The second kappa shape index (κ2) is 16.9. The summed E-state index contributed by atoms with van der Waals surface area (Å²) in [6.45, 7) is 11.8. The van der Waals surface area contributed by atoms with Gasteiger partial charge in [-0.15, -0.1) is 0 Å². The molecule has 0 aliphatic rings. The Morgan fingerprint density at radius 1 is 0.864 bits per heavy atom. The van der Waals surface area contributed by atoms with Crippen molar-refractivity contribution in [3.8, 4) is 5.75 Å². The molecule has 0 saturated heterocycles. The van der Waals surface area contributed by atoms with E-state index in [4.69, 9.17) is 10.5 Å². The molecule has 9 nitrogen and oxygen atoms in total. The lowest BCUT2D eigenvalue weighted by Crippen LogP contribution is -2.38. The van der Waals surface area contributed by atoms with Gasteiger partial charge in [-0.1, -0.05) is 46.8 Å². The Hall–Kier alpha value is -3.72. The smallest absolute Gasteiger partial charge is 0.241 e. The maximum atomic E-state index is 12.8. The SMILES string of the molecule is CN(CCOc1ccc(C=O)cc1)C(=O)CCC(C)(C)CCC(=O)N(C)CCc1ccc(NC(=O)[C@@H](N)CC(C)(C)C)cc1. The molecule has 0 aliphatic heterocycles. The van der Waals surface area contributed by atoms with Crippen LogP contribution in [-0.2, 0) is 20.8 Å². The Balaban J connectivity index is 1.68. The van der Waals surface area contributed by atoms with Crippen molar-refractivity contribution in [2.24, 2.45) is 16.6 Å². The zero-order chi connectivity index (χ0) is 32.9. The summed E-state index contributed by atoms with van der Waals surface area (Å²) >= 11 is 0. The molecular formula is C35H52N4O5. The first-order valence-electron chi connectivity index (χ1n) is 15.4. The van der Waals surface area contributed by atoms with Crippen LogP contribution in [-0.4, -0.2) is 73.6 Å². The Morgan fingerprint density at radius 2 is 1.41 bits per heavy atom. The molecular weight excluding hydrogens is 556 g/mol. The van der Waals surface area contributed by atoms with Crippen LogP contribution in [0.3, 0.4) is 0 Å². The molecule has 0 fully saturated rings. The number of nitrogens with one attached hydrogen (secondary N) is 1. The van der Waals surface area contributed by atoms with Crippen LogP contribution < -0.4 is 15.8 Å². The number of carbonyl (C=O) groups excluding carboxylic acids is 4. The molecule has 9 heteroatoms. The van der Waals surface area contributed by atoms with Crippen molar-refractivity contribution in [2.75, 3.05) is 39.1 Å². The van der Waals surface area contributed by atoms with Crippen LogP contribution in [0.4, 0.5) is 5.69 Å². The lowest BCUT2D eigenvalue weighted by molar-refractivity contribution is -0.131. The number of hydrogen-bond donors (Lipinski definition) is 2. The number of benzene rings is 2. The van der Waals surface area contributed by atoms with Crippen LogP contribution >= 0.6 is 0 Å². The average Bonchev–Trinajstić information content (AvgIpc) is 2.97. The molecule has 0 spiro atoms. The number of anilines is 1. The summed E-state index contributed by atoms with van der Waals surface area (Å²) < 4.78 is 5.68. The number of hydrogen-bond acceptors (Lipinski definition) is 6. The predicted molar refractivity (Wildman–Crippen MR) is 176 cm³/mol. The third kappa shape index (κ3) is 13.7. The second-order valence-corrected chi connectivity index (χ2v) is 13.6. The van der Waals surface area contributed by atoms with Gasteiger partial charge in [0.1, 0.15) is 18.6 Å². The van der Waals surface area contributed by atoms with E-state index in [0.29, 0.717) is 75.2 Å². The monoisotopic (exact) mass is 608 g/mol. The van der Waals surface area contributed by atoms with E-state index in [1.807, 2.05) is 31.3 Å². The molecule has 0 aromatic heterocycles. The van der Waals surface area contributed by atoms with Gasteiger partial charge in [-0.2, -0.15) is 0 Å². The number of ether oxygens (including phenoxy) is 1. The summed E-state index contributed by atoms with van der Waals surface area (Å²) in [5.74, 6) is 0.585. The molecule has 44 heavy (non-hydrogen) atoms. The van der Waals surface area contributed by atoms with Crippen molar-refractivity contribution in [1.82, 2.24) is 9.80 Å². The summed E-state index contributed by atoms with van der Waals surface area (Å²) in [6.07, 6.45) is 4.29. The van der Waals surface area contributed by atoms with E-state index in [1.165, 1.54) is 0 Å². The van der Waals surface area contributed by atoms with Crippen LogP contribution in [0.1, 0.15) is 82.6 Å². The minimum absolute atomic E-state index is 0.0263. The first kappa shape index (κ1) is 36.5. The molecule has 0 unspecified atom stereocenters. The van der Waals surface area contributed by atoms with Gasteiger partial charge >= 0.3 is 0 Å². The molecule has 0 aliphatic carbocycles. The number of likely N-dealkylation sites (N-methyl/N-ethyl adjacent to an activating group) is 2. The lowest BCUT2D eigenvalue weighted by atomic mass is 9.83. The van der Waals surface area contributed by atoms with Gasteiger partial charge in [0.15, 0.2) is 0 Å². The summed E-state index contributed by atoms with van der Waals surface area (Å²) in [7, 11) is 3.58. The molecule has 0 radical (unpaired) electrons. The molecule has 3 N–H and O–H groups in total. The van der Waals surface area contributed by atoms with Gasteiger partial charge in [-0.05, 0) is 78.5 Å². The highest BCUT2D eigenvalue weighted by Crippen LogP contribution is 2.29. The van der Waals surface area contributed by atoms with E-state index in [1.54, 1.807) is 41.1 Å². The number of aldehydes is 1. The van der Waals surface area contributed by atoms with E-state index >= 15 is 0 Å². The average molecular weight is 609 g/mol. The highest BCUT2D eigenvalue weighted by molar-refractivity contribution is 5.94. The van der Waals surface area contributed by atoms with Crippen molar-refractivity contribution in [3.63, 3.8) is 0 Å². The van der Waals surface area contributed by atoms with Crippen molar-refractivity contribution >= 4 is 29.7 Å². The fourth-order valence-electron chi connectivity index (χ4n) is 4.63. The Morgan fingerprint density at radius 3 is 1.93 bits per heavy atom. The van der Waals surface area contributed by atoms with Crippen LogP contribution in [0.5, 0.6) is 5.75 Å². The van der Waals surface area contributed by atoms with Gasteiger partial charge in [-0.25, -0.2) is 0 Å². The van der Waals surface area contributed by atoms with Crippen LogP contribution in [0.2, 0.25) is 0 Å². The fourth-order valence-corrected chi connectivity index (χ4v) is 4.63. The first-order chi connectivity index (χ1) is 20.6. The summed E-state index contributed by atoms with van der Waals surface area (Å²) in [5.41, 5.74) is 8.23. The van der Waals surface area contributed by atoms with Gasteiger partial charge in [0.2, 0.25) is 17.7 Å². The summed E-state index contributed by atoms with van der Waals surface area (Å²) in [5, 5.41) is 2.88. The molecule has 1 atom stereocenters. The fraction of sp³-hybridized carbons (Fsp3) is 0.543. The van der Waals surface area contributed by atoms with Crippen molar-refractivity contribution < 1.29 is 23.9 Å². The van der Waals surface area contributed by atoms with Gasteiger partial charge in [-0.3, -0.25) is 19.2 Å². The second-order valence-electron chi connectivity index (χ2n) is 13.6. The topological polar surface area (TPSA) is 122 Å². The zero-order valence-corrected chi connectivity index (χ0v) is 27.7. The molecule has 242 valence electrons. The highest BCUT2D eigenvalue weighted by Gasteiger charge is 2.23. The van der Waals surface area contributed by atoms with Crippen molar-refractivity contribution in [3.05, 3.63) is 59.7 Å². The van der Waals surface area contributed by atoms with E-state index in [-0.39, 0.29) is 28.6 Å².